The molecular formula is C15H13N3O3. The molecule has 0 fully saturated rings. The Morgan fingerprint density at radius 2 is 2.00 bits per heavy atom. The summed E-state index contributed by atoms with van der Waals surface area (Å²) >= 11 is 0. The molecule has 21 heavy (non-hydrogen) atoms. The zero-order valence-corrected chi connectivity index (χ0v) is 11.2. The summed E-state index contributed by atoms with van der Waals surface area (Å²) in [6.45, 7) is 0.445. The number of aromatic nitrogens is 2. The molecule has 6 nitrogen and oxygen atoms in total. The molecule has 0 aliphatic carbocycles. The van der Waals surface area contributed by atoms with Crippen LogP contribution in [0.4, 0.5) is 5.82 Å². The van der Waals surface area contributed by atoms with Crippen molar-refractivity contribution in [2.45, 2.75) is 6.42 Å². The number of hydrogen-bond acceptors (Lipinski definition) is 6. The van der Waals surface area contributed by atoms with E-state index in [9.17, 15) is 4.79 Å². The molecule has 0 saturated carbocycles. The maximum Gasteiger partial charge on any atom is 0.441 e. The topological polar surface area (TPSA) is 77.2 Å². The summed E-state index contributed by atoms with van der Waals surface area (Å²) < 4.78 is 4.95. The Bertz CT molecular complexity index is 787. The van der Waals surface area contributed by atoms with E-state index < -0.39 is 5.76 Å². The predicted octanol–water partition coefficient (Wildman–Crippen LogP) is 2.17. The molecular weight excluding hydrogens is 270 g/mol. The second-order valence-electron chi connectivity index (χ2n) is 4.36. The largest absolute Gasteiger partial charge is 0.441 e. The number of hydrogen-bond donors (Lipinski definition) is 1. The second-order valence-corrected chi connectivity index (χ2v) is 4.36. The van der Waals surface area contributed by atoms with E-state index in [1.54, 1.807) is 18.3 Å². The highest BCUT2D eigenvalue weighted by Crippen LogP contribution is 2.15. The summed E-state index contributed by atoms with van der Waals surface area (Å²) in [7, 11) is 0. The number of anilines is 1. The molecule has 0 amide bonds. The summed E-state index contributed by atoms with van der Waals surface area (Å²) in [6, 6.07) is 13.3. The monoisotopic (exact) mass is 283 g/mol. The highest BCUT2D eigenvalue weighted by Gasteiger charge is 2.07. The SMILES string of the molecule is O=c1nc(NOCCc2ccccc2)c2ncccc2o1. The van der Waals surface area contributed by atoms with Crippen LogP contribution in [0.1, 0.15) is 5.56 Å². The number of fused-ring (bicyclic) bond motifs is 1. The van der Waals surface area contributed by atoms with Crippen LogP contribution < -0.4 is 11.2 Å². The fourth-order valence-corrected chi connectivity index (χ4v) is 1.92. The van der Waals surface area contributed by atoms with Crippen LogP contribution in [-0.4, -0.2) is 16.6 Å². The molecule has 3 aromatic rings. The van der Waals surface area contributed by atoms with Crippen LogP contribution in [0.3, 0.4) is 0 Å². The number of benzene rings is 1. The Morgan fingerprint density at radius 1 is 1.14 bits per heavy atom. The third-order valence-corrected chi connectivity index (χ3v) is 2.90. The van der Waals surface area contributed by atoms with E-state index in [-0.39, 0.29) is 5.82 Å². The molecule has 0 radical (unpaired) electrons. The van der Waals surface area contributed by atoms with Crippen molar-refractivity contribution in [3.8, 4) is 0 Å². The van der Waals surface area contributed by atoms with Gasteiger partial charge < -0.3 is 4.42 Å². The van der Waals surface area contributed by atoms with E-state index in [1.807, 2.05) is 30.3 Å². The van der Waals surface area contributed by atoms with Gasteiger partial charge in [-0.1, -0.05) is 30.3 Å². The molecule has 0 bridgehead atoms. The lowest BCUT2D eigenvalue weighted by molar-refractivity contribution is 0.196. The standard InChI is InChI=1S/C15H13N3O3/c19-15-17-14(13-12(21-15)7-4-9-16-13)18-20-10-8-11-5-2-1-3-6-11/h1-7,9H,8,10H2,(H,17,18,19). The van der Waals surface area contributed by atoms with Gasteiger partial charge in [0.25, 0.3) is 0 Å². The summed E-state index contributed by atoms with van der Waals surface area (Å²) in [4.78, 5) is 24.6. The molecule has 3 rings (SSSR count). The van der Waals surface area contributed by atoms with Crippen LogP contribution in [0.5, 0.6) is 0 Å². The third-order valence-electron chi connectivity index (χ3n) is 2.90. The molecule has 0 atom stereocenters. The van der Waals surface area contributed by atoms with Crippen molar-refractivity contribution in [2.75, 3.05) is 12.1 Å². The average Bonchev–Trinajstić information content (AvgIpc) is 2.52. The number of rotatable bonds is 5. The van der Waals surface area contributed by atoms with Gasteiger partial charge in [0.1, 0.15) is 0 Å². The molecule has 0 unspecified atom stereocenters. The summed E-state index contributed by atoms with van der Waals surface area (Å²) in [6.07, 6.45) is 2.35. The Labute approximate surface area is 120 Å². The van der Waals surface area contributed by atoms with Gasteiger partial charge in [-0.2, -0.15) is 4.98 Å². The van der Waals surface area contributed by atoms with Crippen LogP contribution >= 0.6 is 0 Å². The summed E-state index contributed by atoms with van der Waals surface area (Å²) in [5, 5.41) is 0. The molecule has 0 aliphatic heterocycles. The smallest absolute Gasteiger partial charge is 0.406 e. The van der Waals surface area contributed by atoms with Gasteiger partial charge in [0.2, 0.25) is 0 Å². The highest BCUT2D eigenvalue weighted by atomic mass is 16.6. The van der Waals surface area contributed by atoms with Crippen molar-refractivity contribution < 1.29 is 9.25 Å². The molecule has 0 spiro atoms. The van der Waals surface area contributed by atoms with Crippen molar-refractivity contribution in [2.24, 2.45) is 0 Å². The lowest BCUT2D eigenvalue weighted by Gasteiger charge is -2.07. The van der Waals surface area contributed by atoms with Gasteiger partial charge in [-0.25, -0.2) is 15.3 Å². The van der Waals surface area contributed by atoms with Crippen LogP contribution in [0.15, 0.2) is 57.9 Å². The lowest BCUT2D eigenvalue weighted by Crippen LogP contribution is -2.12. The predicted molar refractivity (Wildman–Crippen MR) is 77.8 cm³/mol. The van der Waals surface area contributed by atoms with Crippen molar-refractivity contribution in [1.29, 1.82) is 0 Å². The molecule has 1 aromatic carbocycles. The maximum atomic E-state index is 11.4. The minimum atomic E-state index is -0.690. The van der Waals surface area contributed by atoms with Gasteiger partial charge in [0.15, 0.2) is 16.9 Å². The average molecular weight is 283 g/mol. The van der Waals surface area contributed by atoms with E-state index in [0.29, 0.717) is 17.7 Å². The van der Waals surface area contributed by atoms with Crippen LogP contribution in [-0.2, 0) is 11.3 Å². The van der Waals surface area contributed by atoms with Crippen LogP contribution in [0, 0.1) is 0 Å². The van der Waals surface area contributed by atoms with E-state index in [2.05, 4.69) is 15.4 Å². The van der Waals surface area contributed by atoms with Gasteiger partial charge in [0.05, 0.1) is 6.61 Å². The number of pyridine rings is 1. The van der Waals surface area contributed by atoms with Gasteiger partial charge in [-0.3, -0.25) is 4.84 Å². The Balaban J connectivity index is 1.67. The van der Waals surface area contributed by atoms with Gasteiger partial charge in [-0.15, -0.1) is 0 Å². The van der Waals surface area contributed by atoms with Crippen LogP contribution in [0.2, 0.25) is 0 Å². The van der Waals surface area contributed by atoms with E-state index in [0.717, 1.165) is 6.42 Å². The highest BCUT2D eigenvalue weighted by molar-refractivity contribution is 5.82. The van der Waals surface area contributed by atoms with Gasteiger partial charge >= 0.3 is 5.76 Å². The molecule has 6 heteroatoms. The lowest BCUT2D eigenvalue weighted by atomic mass is 10.2. The van der Waals surface area contributed by atoms with Gasteiger partial charge in [-0.05, 0) is 24.1 Å². The first-order valence-electron chi connectivity index (χ1n) is 6.50. The molecule has 2 aromatic heterocycles. The van der Waals surface area contributed by atoms with Gasteiger partial charge in [0, 0.05) is 6.20 Å². The molecule has 0 aliphatic rings. The minimum Gasteiger partial charge on any atom is -0.406 e. The van der Waals surface area contributed by atoms with E-state index >= 15 is 0 Å². The fourth-order valence-electron chi connectivity index (χ4n) is 1.92. The van der Waals surface area contributed by atoms with Crippen molar-refractivity contribution in [3.63, 3.8) is 0 Å². The fraction of sp³-hybridized carbons (Fsp3) is 0.133. The summed E-state index contributed by atoms with van der Waals surface area (Å²) in [5.74, 6) is -0.431. The zero-order valence-electron chi connectivity index (χ0n) is 11.2. The van der Waals surface area contributed by atoms with Crippen molar-refractivity contribution in [1.82, 2.24) is 9.97 Å². The number of nitrogens with zero attached hydrogens (tertiary/aromatic N) is 2. The Hall–Kier alpha value is -2.73. The molecule has 1 N–H and O–H groups in total. The number of nitrogens with one attached hydrogen (secondary N) is 1. The quantitative estimate of drug-likeness (QED) is 0.571. The minimum absolute atomic E-state index is 0.259. The first-order valence-corrected chi connectivity index (χ1v) is 6.50. The van der Waals surface area contributed by atoms with E-state index in [1.165, 1.54) is 5.56 Å². The van der Waals surface area contributed by atoms with Crippen molar-refractivity contribution >= 4 is 16.9 Å². The first-order chi connectivity index (χ1) is 10.3. The van der Waals surface area contributed by atoms with E-state index in [4.69, 9.17) is 9.25 Å². The third kappa shape index (κ3) is 3.24. The Kier molecular flexibility index (Phi) is 3.88. The Morgan fingerprint density at radius 3 is 2.86 bits per heavy atom. The van der Waals surface area contributed by atoms with Crippen molar-refractivity contribution in [3.05, 3.63) is 64.8 Å². The normalized spacial score (nSPS) is 10.7. The first kappa shape index (κ1) is 13.3. The second kappa shape index (κ2) is 6.15. The zero-order chi connectivity index (χ0) is 14.5. The molecule has 106 valence electrons. The summed E-state index contributed by atoms with van der Waals surface area (Å²) in [5.41, 5.74) is 4.66. The molecule has 2 heterocycles. The maximum absolute atomic E-state index is 11.4. The molecule has 0 saturated heterocycles. The van der Waals surface area contributed by atoms with Crippen LogP contribution in [0.25, 0.3) is 11.1 Å².